The van der Waals surface area contributed by atoms with Crippen LogP contribution >= 0.6 is 12.4 Å². The van der Waals surface area contributed by atoms with Crippen molar-refractivity contribution in [2.45, 2.75) is 32.1 Å². The number of rotatable bonds is 9. The summed E-state index contributed by atoms with van der Waals surface area (Å²) in [6.07, 6.45) is -0.0275. The van der Waals surface area contributed by atoms with Crippen molar-refractivity contribution >= 4 is 85.6 Å². The van der Waals surface area contributed by atoms with E-state index in [2.05, 4.69) is 25.7 Å². The lowest BCUT2D eigenvalue weighted by atomic mass is 10.1. The number of hydrogen-bond donors (Lipinski definition) is 3. The fourth-order valence-electron chi connectivity index (χ4n) is 7.37. The first-order valence-corrected chi connectivity index (χ1v) is 23.7. The Kier molecular flexibility index (Phi) is 11.5. The summed E-state index contributed by atoms with van der Waals surface area (Å²) >= 11 is 0. The van der Waals surface area contributed by atoms with E-state index in [9.17, 15) is 25.3 Å². The maximum absolute atomic E-state index is 13.7. The van der Waals surface area contributed by atoms with Crippen LogP contribution in [0.25, 0.3) is 43.4 Å². The van der Waals surface area contributed by atoms with Crippen LogP contribution in [0.4, 0.5) is 0 Å². The summed E-state index contributed by atoms with van der Waals surface area (Å²) in [5, 5.41) is 20.2. The maximum Gasteiger partial charge on any atom is 0.264 e. The molecule has 0 fully saturated rings. The van der Waals surface area contributed by atoms with E-state index >= 15 is 0 Å². The van der Waals surface area contributed by atoms with Crippen LogP contribution < -0.4 is 24.3 Å². The van der Waals surface area contributed by atoms with Crippen LogP contribution in [0.5, 0.6) is 23.0 Å². The maximum atomic E-state index is 13.7. The van der Waals surface area contributed by atoms with Gasteiger partial charge in [0.15, 0.2) is 39.2 Å². The van der Waals surface area contributed by atoms with Crippen molar-refractivity contribution in [2.24, 2.45) is 0 Å². The molecule has 0 saturated heterocycles. The Morgan fingerprint density at radius 1 is 0.629 bits per heavy atom. The minimum Gasteiger partial charge on any atom is -0.486 e. The summed E-state index contributed by atoms with van der Waals surface area (Å²) in [6, 6.07) is 31.6. The predicted octanol–water partition coefficient (Wildman–Crippen LogP) is 5.99. The predicted molar refractivity (Wildman–Crippen MR) is 233 cm³/mol. The molecule has 8 aromatic rings. The number of aromatic amines is 2. The van der Waals surface area contributed by atoms with Crippen molar-refractivity contribution in [1.82, 2.24) is 25.7 Å². The number of H-pyrrole nitrogens is 2. The molecule has 4 heterocycles. The molecule has 62 heavy (non-hydrogen) atoms. The van der Waals surface area contributed by atoms with Crippen LogP contribution in [0.15, 0.2) is 129 Å². The Labute approximate surface area is 361 Å². The van der Waals surface area contributed by atoms with Crippen molar-refractivity contribution in [2.75, 3.05) is 39.7 Å². The Balaban J connectivity index is 0.000000169. The molecule has 10 rings (SSSR count). The van der Waals surface area contributed by atoms with Gasteiger partial charge in [-0.15, -0.1) is 12.4 Å². The normalized spacial score (nSPS) is 16.2. The average molecular weight is 920 g/mol. The van der Waals surface area contributed by atoms with E-state index in [0.717, 1.165) is 17.0 Å². The second-order valence-electron chi connectivity index (χ2n) is 14.3. The zero-order valence-electron chi connectivity index (χ0n) is 32.9. The quantitative estimate of drug-likeness (QED) is 0.142. The molecule has 6 aromatic carbocycles. The molecule has 322 valence electrons. The molecular weight excluding hydrogens is 882 g/mol. The Morgan fingerprint density at radius 3 is 1.56 bits per heavy atom. The second kappa shape index (κ2) is 16.7. The molecule has 0 saturated carbocycles. The molecule has 0 amide bonds. The topological polar surface area (TPSA) is 218 Å². The third-order valence-electron chi connectivity index (χ3n) is 10.1. The lowest BCUT2D eigenvalue weighted by Crippen LogP contribution is -2.37. The molecule has 0 bridgehead atoms. The van der Waals surface area contributed by atoms with Gasteiger partial charge in [-0.2, -0.15) is 18.6 Å². The first-order chi connectivity index (χ1) is 29.3. The van der Waals surface area contributed by atoms with Crippen molar-refractivity contribution < 1.29 is 48.4 Å². The summed E-state index contributed by atoms with van der Waals surface area (Å²) in [6.45, 7) is 0.761. The van der Waals surface area contributed by atoms with Crippen LogP contribution in [0.2, 0.25) is 0 Å². The van der Waals surface area contributed by atoms with Gasteiger partial charge in [0.2, 0.25) is 19.7 Å². The molecule has 0 aliphatic carbocycles. The van der Waals surface area contributed by atoms with Gasteiger partial charge in [-0.05, 0) is 54.2 Å². The van der Waals surface area contributed by atoms with Gasteiger partial charge in [0.25, 0.3) is 10.1 Å². The highest BCUT2D eigenvalue weighted by Gasteiger charge is 2.33. The fraction of sp³-hybridized carbons (Fsp3) is 0.190. The number of fused-ring (bicyclic) bond motifs is 8. The van der Waals surface area contributed by atoms with Gasteiger partial charge in [0, 0.05) is 17.3 Å². The van der Waals surface area contributed by atoms with Crippen molar-refractivity contribution in [3.8, 4) is 23.0 Å². The first kappa shape index (κ1) is 42.7. The number of ether oxygens (including phenoxy) is 4. The van der Waals surface area contributed by atoms with Crippen LogP contribution in [0.1, 0.15) is 0 Å². The van der Waals surface area contributed by atoms with Crippen LogP contribution in [-0.2, 0) is 34.0 Å². The second-order valence-corrected chi connectivity index (χ2v) is 19.6. The number of sulfone groups is 2. The summed E-state index contributed by atoms with van der Waals surface area (Å²) < 4.78 is 106. The Morgan fingerprint density at radius 2 is 1.08 bits per heavy atom. The first-order valence-electron chi connectivity index (χ1n) is 18.9. The number of aromatic nitrogens is 4. The van der Waals surface area contributed by atoms with E-state index in [1.807, 2.05) is 49.5 Å². The minimum absolute atomic E-state index is 0. The van der Waals surface area contributed by atoms with E-state index in [-0.39, 0.29) is 62.7 Å². The van der Waals surface area contributed by atoms with Gasteiger partial charge in [-0.25, -0.2) is 16.8 Å². The van der Waals surface area contributed by atoms with Gasteiger partial charge >= 0.3 is 0 Å². The SMILES string of the molecule is CNC[C@H]1COc2ccc3n[nH]c(S(=O)(=O)c4cccc5ccccc45)c3c2O1.CS(=O)(=O)OC[C@H]1COc2ccc3n[nH]c(S(=O)(=O)c4cccc5ccccc45)c3c2O1.Cl. The Bertz CT molecular complexity index is 3330. The van der Waals surface area contributed by atoms with Crippen molar-refractivity contribution in [3.05, 3.63) is 109 Å². The summed E-state index contributed by atoms with van der Waals surface area (Å²) in [5.74, 6) is 1.43. The third-order valence-corrected chi connectivity index (χ3v) is 14.2. The standard InChI is InChI=1S/C21H19N3O4S.C21H18N2O7S2.ClH/c1-22-11-14-12-27-17-10-9-16-19(20(17)28-14)21(24-23-16)29(25,26)18-8-4-6-13-5-2-3-7-15(13)18;1-31(24,25)29-12-14-11-28-17-10-9-16-19(20(17)30-14)21(23-22-16)32(26,27)18-8-4-6-13-5-2-3-7-15(13)18;/h2-10,14,22H,11-12H2,1H3,(H,23,24);2-10,14H,11-12H2,1H3,(H,22,23);1H/t2*14-;/m01./s1. The number of hydrogen-bond acceptors (Lipinski definition) is 14. The summed E-state index contributed by atoms with van der Waals surface area (Å²) in [7, 11) is -9.74. The number of halogens is 1. The summed E-state index contributed by atoms with van der Waals surface area (Å²) in [5.41, 5.74) is 0.882. The van der Waals surface area contributed by atoms with E-state index in [1.165, 1.54) is 0 Å². The highest BCUT2D eigenvalue weighted by Crippen LogP contribution is 2.44. The van der Waals surface area contributed by atoms with E-state index in [4.69, 9.17) is 23.1 Å². The zero-order valence-corrected chi connectivity index (χ0v) is 36.2. The van der Waals surface area contributed by atoms with Crippen molar-refractivity contribution in [1.29, 1.82) is 0 Å². The molecule has 2 aromatic heterocycles. The molecule has 3 N–H and O–H groups in total. The van der Waals surface area contributed by atoms with Gasteiger partial charge in [-0.1, -0.05) is 72.8 Å². The Hall–Kier alpha value is -5.96. The number of benzene rings is 6. The van der Waals surface area contributed by atoms with Crippen LogP contribution in [-0.4, -0.2) is 97.5 Å². The number of nitrogens with one attached hydrogen (secondary N) is 3. The van der Waals surface area contributed by atoms with Crippen LogP contribution in [0, 0.1) is 0 Å². The molecular formula is C42H38ClN5O11S3. The molecule has 2 atom stereocenters. The molecule has 20 heteroatoms. The minimum atomic E-state index is -4.02. The van der Waals surface area contributed by atoms with Crippen LogP contribution in [0.3, 0.4) is 0 Å². The fourth-order valence-corrected chi connectivity index (χ4v) is 10.9. The van der Waals surface area contributed by atoms with Crippen molar-refractivity contribution in [3.63, 3.8) is 0 Å². The molecule has 0 unspecified atom stereocenters. The molecule has 0 radical (unpaired) electrons. The molecule has 2 aliphatic heterocycles. The van der Waals surface area contributed by atoms with Gasteiger partial charge in [-0.3, -0.25) is 14.4 Å². The van der Waals surface area contributed by atoms with E-state index in [0.29, 0.717) is 57.6 Å². The molecule has 2 aliphatic rings. The zero-order chi connectivity index (χ0) is 42.5. The molecule has 16 nitrogen and oxygen atoms in total. The lowest BCUT2D eigenvalue weighted by Gasteiger charge is -2.27. The highest BCUT2D eigenvalue weighted by atomic mass is 35.5. The molecule has 0 spiro atoms. The van der Waals surface area contributed by atoms with Gasteiger partial charge < -0.3 is 24.3 Å². The smallest absolute Gasteiger partial charge is 0.264 e. The van der Waals surface area contributed by atoms with E-state index in [1.54, 1.807) is 66.7 Å². The van der Waals surface area contributed by atoms with Gasteiger partial charge in [0.1, 0.15) is 25.9 Å². The lowest BCUT2D eigenvalue weighted by molar-refractivity contribution is 0.0573. The van der Waals surface area contributed by atoms with Gasteiger partial charge in [0.05, 0.1) is 37.9 Å². The highest BCUT2D eigenvalue weighted by molar-refractivity contribution is 7.92. The average Bonchev–Trinajstić information content (AvgIpc) is 3.92. The van der Waals surface area contributed by atoms with E-state index < -0.39 is 35.9 Å². The number of likely N-dealkylation sites (N-methyl/N-ethyl adjacent to an activating group) is 1. The third kappa shape index (κ3) is 7.86. The largest absolute Gasteiger partial charge is 0.486 e. The summed E-state index contributed by atoms with van der Waals surface area (Å²) in [4.78, 5) is 0.356. The monoisotopic (exact) mass is 919 g/mol. The number of nitrogens with zero attached hydrogens (tertiary/aromatic N) is 2.